The van der Waals surface area contributed by atoms with E-state index < -0.39 is 15.8 Å². The van der Waals surface area contributed by atoms with E-state index in [0.29, 0.717) is 0 Å². The van der Waals surface area contributed by atoms with E-state index in [0.717, 1.165) is 22.5 Å². The molecule has 1 aliphatic rings. The number of carbonyl (C=O) groups is 1. The molecule has 0 radical (unpaired) electrons. The van der Waals surface area contributed by atoms with Crippen molar-refractivity contribution in [1.82, 2.24) is 0 Å². The molecule has 0 atom stereocenters. The molecule has 5 heteroatoms. The fraction of sp³-hybridized carbons (Fsp3) is 0. The van der Waals surface area contributed by atoms with E-state index in [1.165, 1.54) is 31.8 Å². The molecule has 0 spiro atoms. The quantitative estimate of drug-likeness (QED) is 0.209. The molecular formula is C37H28N2OP2. The molecule has 0 saturated heterocycles. The second-order valence-electron chi connectivity index (χ2n) is 9.99. The molecule has 0 unspecified atom stereocenters. The molecule has 2 N–H and O–H groups in total. The standard InChI is InChI=1S/C37H28N2OP2/c40-37-38-31-23-13-25-33(41(27-15-5-1-6-16-27)28-17-7-2-8-18-28)35(31)36-32(39-37)24-14-26-34(36)42(29-19-9-3-10-20-29)30-21-11-4-12-22-30/h1-26H,(H2,38,39,40). The third kappa shape index (κ3) is 5.03. The van der Waals surface area contributed by atoms with Crippen molar-refractivity contribution in [3.8, 4) is 11.1 Å². The first-order chi connectivity index (χ1) is 20.8. The molecule has 0 bridgehead atoms. The van der Waals surface area contributed by atoms with Crippen LogP contribution in [0.3, 0.4) is 0 Å². The summed E-state index contributed by atoms with van der Waals surface area (Å²) in [6.07, 6.45) is 0. The molecule has 202 valence electrons. The first-order valence-electron chi connectivity index (χ1n) is 13.9. The first-order valence-corrected chi connectivity index (χ1v) is 16.6. The maximum Gasteiger partial charge on any atom is 0.323 e. The average molecular weight is 579 g/mol. The zero-order chi connectivity index (χ0) is 28.3. The highest BCUT2D eigenvalue weighted by Crippen LogP contribution is 2.46. The van der Waals surface area contributed by atoms with Crippen molar-refractivity contribution in [2.45, 2.75) is 0 Å². The maximum absolute atomic E-state index is 13.2. The highest BCUT2D eigenvalue weighted by atomic mass is 31.1. The zero-order valence-electron chi connectivity index (χ0n) is 22.8. The monoisotopic (exact) mass is 578 g/mol. The summed E-state index contributed by atoms with van der Waals surface area (Å²) in [5.74, 6) is 0. The Labute approximate surface area is 248 Å². The molecule has 6 aromatic rings. The normalized spacial score (nSPS) is 12.2. The molecule has 7 rings (SSSR count). The van der Waals surface area contributed by atoms with Crippen LogP contribution in [0, 0.1) is 0 Å². The molecule has 0 saturated carbocycles. The Kier molecular flexibility index (Phi) is 7.37. The minimum Gasteiger partial charge on any atom is -0.307 e. The molecule has 0 fully saturated rings. The van der Waals surface area contributed by atoms with Crippen molar-refractivity contribution in [2.24, 2.45) is 0 Å². The minimum atomic E-state index is -0.923. The van der Waals surface area contributed by atoms with Gasteiger partial charge in [0.25, 0.3) is 0 Å². The number of nitrogens with one attached hydrogen (secondary N) is 2. The summed E-state index contributed by atoms with van der Waals surface area (Å²) in [6.45, 7) is 0. The van der Waals surface area contributed by atoms with Gasteiger partial charge in [0.2, 0.25) is 0 Å². The predicted octanol–water partition coefficient (Wildman–Crippen LogP) is 6.83. The van der Waals surface area contributed by atoms with Gasteiger partial charge in [-0.2, -0.15) is 0 Å². The third-order valence-corrected chi connectivity index (χ3v) is 12.3. The van der Waals surface area contributed by atoms with Crippen LogP contribution in [-0.4, -0.2) is 6.03 Å². The number of fused-ring (bicyclic) bond motifs is 3. The Balaban J connectivity index is 1.55. The van der Waals surface area contributed by atoms with Crippen LogP contribution in [0.25, 0.3) is 11.1 Å². The van der Waals surface area contributed by atoms with Crippen LogP contribution in [-0.2, 0) is 0 Å². The van der Waals surface area contributed by atoms with Gasteiger partial charge in [-0.05, 0) is 59.8 Å². The second kappa shape index (κ2) is 11.7. The number of urea groups is 1. The van der Waals surface area contributed by atoms with Crippen LogP contribution < -0.4 is 42.5 Å². The van der Waals surface area contributed by atoms with Crippen molar-refractivity contribution >= 4 is 65.1 Å². The number of anilines is 2. The molecule has 0 aromatic heterocycles. The Morgan fingerprint density at radius 1 is 0.357 bits per heavy atom. The molecule has 1 heterocycles. The molecule has 2 amide bonds. The summed E-state index contributed by atoms with van der Waals surface area (Å²) in [5.41, 5.74) is 3.82. The van der Waals surface area contributed by atoms with Gasteiger partial charge in [-0.25, -0.2) is 4.79 Å². The van der Waals surface area contributed by atoms with Crippen LogP contribution in [0.1, 0.15) is 0 Å². The minimum absolute atomic E-state index is 0.225. The number of hydrogen-bond acceptors (Lipinski definition) is 1. The first kappa shape index (κ1) is 26.4. The number of benzene rings is 6. The SMILES string of the molecule is O=C1Nc2cccc(P(c3ccccc3)c3ccccc3)c2-c2c(cccc2P(c2ccccc2)c2ccccc2)N1. The lowest BCUT2D eigenvalue weighted by atomic mass is 10.0. The van der Waals surface area contributed by atoms with Gasteiger partial charge in [-0.3, -0.25) is 0 Å². The van der Waals surface area contributed by atoms with Crippen LogP contribution in [0.4, 0.5) is 16.2 Å². The van der Waals surface area contributed by atoms with Crippen molar-refractivity contribution < 1.29 is 4.79 Å². The summed E-state index contributed by atoms with van der Waals surface area (Å²) in [5, 5.41) is 13.9. The van der Waals surface area contributed by atoms with Gasteiger partial charge in [0.1, 0.15) is 0 Å². The van der Waals surface area contributed by atoms with E-state index in [4.69, 9.17) is 0 Å². The van der Waals surface area contributed by atoms with Crippen molar-refractivity contribution in [1.29, 1.82) is 0 Å². The van der Waals surface area contributed by atoms with Crippen molar-refractivity contribution in [3.63, 3.8) is 0 Å². The zero-order valence-corrected chi connectivity index (χ0v) is 24.6. The largest absolute Gasteiger partial charge is 0.323 e. The van der Waals surface area contributed by atoms with Gasteiger partial charge in [0.05, 0.1) is 11.4 Å². The molecule has 42 heavy (non-hydrogen) atoms. The van der Waals surface area contributed by atoms with Gasteiger partial charge in [0.15, 0.2) is 0 Å². The number of carbonyl (C=O) groups excluding carboxylic acids is 1. The topological polar surface area (TPSA) is 41.1 Å². The number of amides is 2. The lowest BCUT2D eigenvalue weighted by Crippen LogP contribution is -2.26. The van der Waals surface area contributed by atoms with E-state index in [1.807, 2.05) is 12.1 Å². The van der Waals surface area contributed by atoms with Crippen molar-refractivity contribution in [2.75, 3.05) is 10.6 Å². The van der Waals surface area contributed by atoms with E-state index in [2.05, 4.69) is 156 Å². The van der Waals surface area contributed by atoms with Gasteiger partial charge >= 0.3 is 6.03 Å². The van der Waals surface area contributed by atoms with E-state index >= 15 is 0 Å². The van der Waals surface area contributed by atoms with Gasteiger partial charge in [-0.1, -0.05) is 146 Å². The molecule has 0 aliphatic carbocycles. The van der Waals surface area contributed by atoms with Crippen molar-refractivity contribution in [3.05, 3.63) is 158 Å². The van der Waals surface area contributed by atoms with Crippen LogP contribution >= 0.6 is 15.8 Å². The summed E-state index contributed by atoms with van der Waals surface area (Å²) in [7, 11) is -1.85. The molecular weight excluding hydrogens is 550 g/mol. The van der Waals surface area contributed by atoms with E-state index in [-0.39, 0.29) is 6.03 Å². The number of hydrogen-bond donors (Lipinski definition) is 2. The molecule has 3 nitrogen and oxygen atoms in total. The van der Waals surface area contributed by atoms with E-state index in [1.54, 1.807) is 0 Å². The number of rotatable bonds is 6. The summed E-state index contributed by atoms with van der Waals surface area (Å²) >= 11 is 0. The van der Waals surface area contributed by atoms with Gasteiger partial charge in [-0.15, -0.1) is 0 Å². The van der Waals surface area contributed by atoms with Crippen LogP contribution in [0.5, 0.6) is 0 Å². The molecule has 6 aromatic carbocycles. The lowest BCUT2D eigenvalue weighted by molar-refractivity contribution is 0.262. The van der Waals surface area contributed by atoms with E-state index in [9.17, 15) is 4.79 Å². The fourth-order valence-corrected chi connectivity index (χ4v) is 10.6. The highest BCUT2D eigenvalue weighted by molar-refractivity contribution is 7.80. The fourth-order valence-electron chi connectivity index (χ4n) is 5.63. The second-order valence-corrected chi connectivity index (χ2v) is 14.4. The summed E-state index contributed by atoms with van der Waals surface area (Å²) in [6, 6.07) is 55.4. The smallest absolute Gasteiger partial charge is 0.307 e. The summed E-state index contributed by atoms with van der Waals surface area (Å²) in [4.78, 5) is 13.2. The van der Waals surface area contributed by atoms with Gasteiger partial charge < -0.3 is 10.6 Å². The maximum atomic E-state index is 13.2. The highest BCUT2D eigenvalue weighted by Gasteiger charge is 2.30. The predicted molar refractivity (Wildman–Crippen MR) is 182 cm³/mol. The Hall–Kier alpha value is -4.55. The average Bonchev–Trinajstić information content (AvgIpc) is 3.19. The van der Waals surface area contributed by atoms with Gasteiger partial charge in [0, 0.05) is 11.1 Å². The Morgan fingerprint density at radius 2 is 0.667 bits per heavy atom. The van der Waals surface area contributed by atoms with Crippen LogP contribution in [0.15, 0.2) is 158 Å². The summed E-state index contributed by atoms with van der Waals surface area (Å²) < 4.78 is 0. The Morgan fingerprint density at radius 3 is 0.976 bits per heavy atom. The molecule has 1 aliphatic heterocycles. The Bertz CT molecular complexity index is 1630. The lowest BCUT2D eigenvalue weighted by Gasteiger charge is -2.27. The van der Waals surface area contributed by atoms with Crippen LogP contribution in [0.2, 0.25) is 0 Å². The third-order valence-electron chi connectivity index (χ3n) is 7.37.